The summed E-state index contributed by atoms with van der Waals surface area (Å²) < 4.78 is 44.4. The second kappa shape index (κ2) is 6.55. The smallest absolute Gasteiger partial charge is 0.416 e. The van der Waals surface area contributed by atoms with E-state index in [1.165, 1.54) is 23.5 Å². The number of alkyl halides is 3. The maximum Gasteiger partial charge on any atom is 0.416 e. The van der Waals surface area contributed by atoms with E-state index in [1.807, 2.05) is 12.3 Å². The molecule has 1 fully saturated rings. The maximum absolute atomic E-state index is 13.0. The topological polar surface area (TPSA) is 39.2 Å². The highest BCUT2D eigenvalue weighted by Crippen LogP contribution is 2.51. The molecule has 0 aliphatic heterocycles. The zero-order valence-electron chi connectivity index (χ0n) is 13.0. The molecule has 2 aromatic rings. The molecule has 0 amide bonds. The zero-order chi connectivity index (χ0) is 17.3. The molecule has 2 unspecified atom stereocenters. The van der Waals surface area contributed by atoms with Gasteiger partial charge < -0.3 is 4.74 Å². The average molecular weight is 355 g/mol. The highest BCUT2D eigenvalue weighted by atomic mass is 32.1. The monoisotopic (exact) mass is 355 g/mol. The number of ether oxygens (including phenoxy) is 1. The molecule has 0 spiro atoms. The molecule has 2 atom stereocenters. The van der Waals surface area contributed by atoms with Crippen molar-refractivity contribution >= 4 is 17.3 Å². The number of carbonyl (C=O) groups is 1. The number of hydrogen-bond acceptors (Lipinski definition) is 4. The summed E-state index contributed by atoms with van der Waals surface area (Å²) in [5, 5.41) is 2.79. The van der Waals surface area contributed by atoms with E-state index < -0.39 is 29.5 Å². The van der Waals surface area contributed by atoms with Crippen LogP contribution in [0.1, 0.15) is 41.1 Å². The molecular weight excluding hydrogens is 339 g/mol. The van der Waals surface area contributed by atoms with Crippen LogP contribution in [-0.2, 0) is 28.7 Å². The first-order chi connectivity index (χ1) is 11.4. The summed E-state index contributed by atoms with van der Waals surface area (Å²) in [4.78, 5) is 16.4. The summed E-state index contributed by atoms with van der Waals surface area (Å²) in [5.41, 5.74) is 0.185. The Balaban J connectivity index is 1.62. The number of carbonyl (C=O) groups excluding carboxylic acids is 1. The molecule has 24 heavy (non-hydrogen) atoms. The van der Waals surface area contributed by atoms with Gasteiger partial charge in [0.1, 0.15) is 6.61 Å². The number of aryl methyl sites for hydroxylation is 1. The third-order valence-electron chi connectivity index (χ3n) is 4.02. The summed E-state index contributed by atoms with van der Waals surface area (Å²) in [6, 6.07) is 5.41. The van der Waals surface area contributed by atoms with Crippen molar-refractivity contribution in [3.05, 3.63) is 51.5 Å². The van der Waals surface area contributed by atoms with Crippen LogP contribution < -0.4 is 0 Å². The fourth-order valence-corrected chi connectivity index (χ4v) is 3.44. The van der Waals surface area contributed by atoms with Crippen molar-refractivity contribution in [3.8, 4) is 0 Å². The van der Waals surface area contributed by atoms with Crippen LogP contribution in [0.25, 0.3) is 0 Å². The molecule has 0 bridgehead atoms. The third kappa shape index (κ3) is 3.61. The number of rotatable bonds is 5. The first-order valence-corrected chi connectivity index (χ1v) is 8.54. The molecule has 0 N–H and O–H groups in total. The Bertz CT molecular complexity index is 741. The van der Waals surface area contributed by atoms with Crippen molar-refractivity contribution in [2.24, 2.45) is 5.92 Å². The van der Waals surface area contributed by atoms with Gasteiger partial charge in [-0.2, -0.15) is 13.2 Å². The first-order valence-electron chi connectivity index (χ1n) is 7.66. The van der Waals surface area contributed by atoms with E-state index in [4.69, 9.17) is 4.74 Å². The summed E-state index contributed by atoms with van der Waals surface area (Å²) in [6.07, 6.45) is -3.20. The van der Waals surface area contributed by atoms with Crippen LogP contribution >= 0.6 is 11.3 Å². The van der Waals surface area contributed by atoms with Gasteiger partial charge in [0.15, 0.2) is 0 Å². The van der Waals surface area contributed by atoms with Gasteiger partial charge in [0, 0.05) is 5.38 Å². The highest BCUT2D eigenvalue weighted by Gasteiger charge is 2.48. The second-order valence-electron chi connectivity index (χ2n) is 5.73. The number of halogens is 3. The molecule has 128 valence electrons. The number of hydrogen-bond donors (Lipinski definition) is 0. The molecular formula is C17H16F3NO2S. The maximum atomic E-state index is 13.0. The number of nitrogens with zero attached hydrogens (tertiary/aromatic N) is 1. The molecule has 7 heteroatoms. The Morgan fingerprint density at radius 2 is 2.12 bits per heavy atom. The largest absolute Gasteiger partial charge is 0.459 e. The predicted octanol–water partition coefficient (Wildman–Crippen LogP) is 4.57. The van der Waals surface area contributed by atoms with Gasteiger partial charge in [-0.15, -0.1) is 11.3 Å². The van der Waals surface area contributed by atoms with Crippen LogP contribution in [0, 0.1) is 5.92 Å². The van der Waals surface area contributed by atoms with Crippen LogP contribution in [0.2, 0.25) is 0 Å². The van der Waals surface area contributed by atoms with Crippen molar-refractivity contribution < 1.29 is 22.7 Å². The predicted molar refractivity (Wildman–Crippen MR) is 83.6 cm³/mol. The van der Waals surface area contributed by atoms with Crippen LogP contribution in [0.15, 0.2) is 29.6 Å². The Morgan fingerprint density at radius 1 is 1.38 bits per heavy atom. The highest BCUT2D eigenvalue weighted by molar-refractivity contribution is 7.09. The van der Waals surface area contributed by atoms with Crippen LogP contribution in [0.4, 0.5) is 13.2 Å². The molecule has 1 aromatic carbocycles. The Morgan fingerprint density at radius 3 is 2.79 bits per heavy atom. The van der Waals surface area contributed by atoms with Crippen molar-refractivity contribution in [1.82, 2.24) is 4.98 Å². The van der Waals surface area contributed by atoms with Crippen LogP contribution in [0.5, 0.6) is 0 Å². The van der Waals surface area contributed by atoms with Gasteiger partial charge in [-0.1, -0.05) is 25.1 Å². The fourth-order valence-electron chi connectivity index (χ4n) is 2.71. The van der Waals surface area contributed by atoms with Gasteiger partial charge in [0.2, 0.25) is 0 Å². The number of thiazole rings is 1. The van der Waals surface area contributed by atoms with Crippen LogP contribution in [0.3, 0.4) is 0 Å². The van der Waals surface area contributed by atoms with E-state index in [1.54, 1.807) is 6.07 Å². The van der Waals surface area contributed by atoms with Gasteiger partial charge in [0.25, 0.3) is 0 Å². The molecule has 1 saturated carbocycles. The molecule has 1 aliphatic carbocycles. The quantitative estimate of drug-likeness (QED) is 0.738. The summed E-state index contributed by atoms with van der Waals surface area (Å²) in [7, 11) is 0. The van der Waals surface area contributed by atoms with E-state index in [-0.39, 0.29) is 12.2 Å². The van der Waals surface area contributed by atoms with Crippen molar-refractivity contribution in [2.75, 3.05) is 0 Å². The Kier molecular flexibility index (Phi) is 4.62. The van der Waals surface area contributed by atoms with Gasteiger partial charge in [-0.25, -0.2) is 4.98 Å². The third-order valence-corrected chi connectivity index (χ3v) is 5.06. The zero-order valence-corrected chi connectivity index (χ0v) is 13.8. The number of aromatic nitrogens is 1. The normalized spacial score (nSPS) is 20.0. The number of esters is 1. The minimum Gasteiger partial charge on any atom is -0.459 e. The summed E-state index contributed by atoms with van der Waals surface area (Å²) >= 11 is 1.50. The Labute approximate surface area is 141 Å². The van der Waals surface area contributed by atoms with E-state index in [2.05, 4.69) is 4.98 Å². The molecule has 3 nitrogen and oxygen atoms in total. The lowest BCUT2D eigenvalue weighted by atomic mass is 10.0. The second-order valence-corrected chi connectivity index (χ2v) is 6.67. The lowest BCUT2D eigenvalue weighted by Crippen LogP contribution is -2.11. The Hall–Kier alpha value is -1.89. The number of benzene rings is 1. The minimum atomic E-state index is -4.41. The molecule has 1 aromatic heterocycles. The standard InChI is InChI=1S/C17H16F3NO2S/c1-2-15-21-10(9-24-15)8-23-16(22)13-7-12(13)11-5-3-4-6-14(11)17(18,19)20/h3-6,9,12-13H,2,7-8H2,1H3. The molecule has 3 rings (SSSR count). The van der Waals surface area contributed by atoms with Crippen molar-refractivity contribution in [3.63, 3.8) is 0 Å². The van der Waals surface area contributed by atoms with Crippen molar-refractivity contribution in [1.29, 1.82) is 0 Å². The SMILES string of the molecule is CCc1nc(COC(=O)C2CC2c2ccccc2C(F)(F)F)cs1. The first kappa shape index (κ1) is 17.0. The van der Waals surface area contributed by atoms with E-state index >= 15 is 0 Å². The molecule has 1 aliphatic rings. The van der Waals surface area contributed by atoms with Gasteiger partial charge in [0.05, 0.1) is 22.2 Å². The summed E-state index contributed by atoms with van der Waals surface area (Å²) in [5.74, 6) is -1.38. The van der Waals surface area contributed by atoms with Gasteiger partial charge in [-0.3, -0.25) is 4.79 Å². The van der Waals surface area contributed by atoms with Gasteiger partial charge in [-0.05, 0) is 30.4 Å². The molecule has 1 heterocycles. The van der Waals surface area contributed by atoms with Gasteiger partial charge >= 0.3 is 12.1 Å². The van der Waals surface area contributed by atoms with Crippen LogP contribution in [-0.4, -0.2) is 11.0 Å². The van der Waals surface area contributed by atoms with E-state index in [0.29, 0.717) is 12.1 Å². The molecule has 0 radical (unpaired) electrons. The fraction of sp³-hybridized carbons (Fsp3) is 0.412. The molecule has 0 saturated heterocycles. The van der Waals surface area contributed by atoms with E-state index in [0.717, 1.165) is 17.5 Å². The average Bonchev–Trinajstić information content (AvgIpc) is 3.22. The lowest BCUT2D eigenvalue weighted by molar-refractivity contribution is -0.147. The lowest BCUT2D eigenvalue weighted by Gasteiger charge is -2.12. The van der Waals surface area contributed by atoms with Crippen molar-refractivity contribution in [2.45, 2.75) is 38.5 Å². The minimum absolute atomic E-state index is 0.0689. The summed E-state index contributed by atoms with van der Waals surface area (Å²) in [6.45, 7) is 2.06. The van der Waals surface area contributed by atoms with E-state index in [9.17, 15) is 18.0 Å².